The summed E-state index contributed by atoms with van der Waals surface area (Å²) in [7, 11) is -3.73. The lowest BCUT2D eigenvalue weighted by Gasteiger charge is -2.06. The van der Waals surface area contributed by atoms with Crippen LogP contribution in [0.2, 0.25) is 0 Å². The Morgan fingerprint density at radius 1 is 1.48 bits per heavy atom. The van der Waals surface area contributed by atoms with Gasteiger partial charge in [0.2, 0.25) is 10.0 Å². The smallest absolute Gasteiger partial charge is 0.238 e. The number of hydrogen-bond donors (Lipinski definition) is 1. The van der Waals surface area contributed by atoms with Crippen LogP contribution in [0.25, 0.3) is 11.0 Å². The van der Waals surface area contributed by atoms with E-state index in [1.807, 2.05) is 4.57 Å². The minimum absolute atomic E-state index is 0.0599. The first-order valence-electron chi connectivity index (χ1n) is 6.50. The Labute approximate surface area is 128 Å². The van der Waals surface area contributed by atoms with Gasteiger partial charge in [-0.1, -0.05) is 18.7 Å². The lowest BCUT2D eigenvalue weighted by Crippen LogP contribution is -2.11. The predicted molar refractivity (Wildman–Crippen MR) is 82.4 cm³/mol. The highest BCUT2D eigenvalue weighted by Gasteiger charge is 2.14. The highest BCUT2D eigenvalue weighted by atomic mass is 32.2. The van der Waals surface area contributed by atoms with Crippen LogP contribution in [-0.2, 0) is 16.6 Å². The zero-order chi connectivity index (χ0) is 15.5. The standard InChI is InChI=1S/C13H16N4O2S2/c1-2-7-17-12-5-4-10(21(15,18)19)9-11(12)16-13(17)20-8-3-6-14/h4-5,9H,2-3,7-8H2,1H3,(H2,15,18,19). The van der Waals surface area contributed by atoms with Gasteiger partial charge in [0.15, 0.2) is 5.16 Å². The van der Waals surface area contributed by atoms with Crippen molar-refractivity contribution in [2.75, 3.05) is 5.75 Å². The molecule has 0 atom stereocenters. The number of primary sulfonamides is 1. The van der Waals surface area contributed by atoms with E-state index in [2.05, 4.69) is 18.0 Å². The molecule has 2 rings (SSSR count). The molecule has 0 amide bonds. The number of fused-ring (bicyclic) bond motifs is 1. The van der Waals surface area contributed by atoms with Crippen LogP contribution in [0.4, 0.5) is 0 Å². The van der Waals surface area contributed by atoms with Crippen LogP contribution < -0.4 is 5.14 Å². The van der Waals surface area contributed by atoms with Crippen molar-refractivity contribution in [3.05, 3.63) is 18.2 Å². The van der Waals surface area contributed by atoms with Gasteiger partial charge in [-0.05, 0) is 24.6 Å². The Morgan fingerprint density at radius 3 is 2.86 bits per heavy atom. The molecule has 0 radical (unpaired) electrons. The SMILES string of the molecule is CCCn1c(SCCC#N)nc2cc(S(N)(=O)=O)ccc21. The van der Waals surface area contributed by atoms with Crippen molar-refractivity contribution in [1.29, 1.82) is 5.26 Å². The summed E-state index contributed by atoms with van der Waals surface area (Å²) in [5, 5.41) is 14.6. The van der Waals surface area contributed by atoms with Crippen molar-refractivity contribution >= 4 is 32.8 Å². The van der Waals surface area contributed by atoms with Crippen molar-refractivity contribution < 1.29 is 8.42 Å². The molecule has 0 saturated heterocycles. The number of aromatic nitrogens is 2. The van der Waals surface area contributed by atoms with Crippen LogP contribution >= 0.6 is 11.8 Å². The average molecular weight is 324 g/mol. The monoisotopic (exact) mass is 324 g/mol. The first-order chi connectivity index (χ1) is 9.97. The maximum atomic E-state index is 11.4. The highest BCUT2D eigenvalue weighted by Crippen LogP contribution is 2.26. The molecule has 0 saturated carbocycles. The average Bonchev–Trinajstić information content (AvgIpc) is 2.76. The molecule has 8 heteroatoms. The zero-order valence-corrected chi connectivity index (χ0v) is 13.2. The largest absolute Gasteiger partial charge is 0.319 e. The number of hydrogen-bond acceptors (Lipinski definition) is 5. The molecule has 2 aromatic rings. The Hall–Kier alpha value is -1.56. The summed E-state index contributed by atoms with van der Waals surface area (Å²) in [6.45, 7) is 2.86. The quantitative estimate of drug-likeness (QED) is 0.647. The molecule has 0 fully saturated rings. The normalized spacial score (nSPS) is 11.7. The molecule has 6 nitrogen and oxygen atoms in total. The van der Waals surface area contributed by atoms with Gasteiger partial charge in [-0.3, -0.25) is 0 Å². The third-order valence-corrected chi connectivity index (χ3v) is 4.79. The second kappa shape index (κ2) is 6.47. The van der Waals surface area contributed by atoms with Crippen LogP contribution in [0.5, 0.6) is 0 Å². The zero-order valence-electron chi connectivity index (χ0n) is 11.6. The Kier molecular flexibility index (Phi) is 4.88. The highest BCUT2D eigenvalue weighted by molar-refractivity contribution is 7.99. The molecular weight excluding hydrogens is 308 g/mol. The molecular formula is C13H16N4O2S2. The van der Waals surface area contributed by atoms with E-state index in [1.54, 1.807) is 6.07 Å². The van der Waals surface area contributed by atoms with Gasteiger partial charge in [-0.2, -0.15) is 5.26 Å². The third kappa shape index (κ3) is 3.56. The van der Waals surface area contributed by atoms with Crippen LogP contribution in [0.15, 0.2) is 28.3 Å². The molecule has 1 aromatic heterocycles. The molecule has 21 heavy (non-hydrogen) atoms. The summed E-state index contributed by atoms with van der Waals surface area (Å²) in [4.78, 5) is 4.53. The maximum Gasteiger partial charge on any atom is 0.238 e. The Bertz CT molecular complexity index is 790. The summed E-state index contributed by atoms with van der Waals surface area (Å²) in [5.41, 5.74) is 1.48. The molecule has 0 aliphatic heterocycles. The van der Waals surface area contributed by atoms with Gasteiger partial charge in [0.05, 0.1) is 22.0 Å². The van der Waals surface area contributed by atoms with Gasteiger partial charge in [0.25, 0.3) is 0 Å². The lowest BCUT2D eigenvalue weighted by atomic mass is 10.3. The maximum absolute atomic E-state index is 11.4. The number of benzene rings is 1. The van der Waals surface area contributed by atoms with Crippen LogP contribution in [0.3, 0.4) is 0 Å². The molecule has 0 unspecified atom stereocenters. The number of nitrogens with two attached hydrogens (primary N) is 1. The lowest BCUT2D eigenvalue weighted by molar-refractivity contribution is 0.598. The second-order valence-corrected chi connectivity index (χ2v) is 7.12. The fourth-order valence-electron chi connectivity index (χ4n) is 2.00. The molecule has 0 spiro atoms. The van der Waals surface area contributed by atoms with E-state index in [1.165, 1.54) is 23.9 Å². The van der Waals surface area contributed by atoms with Gasteiger partial charge < -0.3 is 4.57 Å². The van der Waals surface area contributed by atoms with E-state index in [0.717, 1.165) is 23.6 Å². The van der Waals surface area contributed by atoms with Gasteiger partial charge in [0, 0.05) is 18.7 Å². The van der Waals surface area contributed by atoms with Crippen LogP contribution in [0, 0.1) is 11.3 Å². The molecule has 1 heterocycles. The predicted octanol–water partition coefficient (Wildman–Crippen LogP) is 2.10. The minimum atomic E-state index is -3.73. The van der Waals surface area contributed by atoms with Gasteiger partial charge in [-0.15, -0.1) is 0 Å². The van der Waals surface area contributed by atoms with E-state index < -0.39 is 10.0 Å². The molecule has 0 aliphatic rings. The van der Waals surface area contributed by atoms with E-state index in [9.17, 15) is 8.42 Å². The fraction of sp³-hybridized carbons (Fsp3) is 0.385. The fourth-order valence-corrected chi connectivity index (χ4v) is 3.42. The Balaban J connectivity index is 2.48. The van der Waals surface area contributed by atoms with Crippen LogP contribution in [-0.4, -0.2) is 23.7 Å². The number of imidazole rings is 1. The van der Waals surface area contributed by atoms with Crippen molar-refractivity contribution in [2.24, 2.45) is 5.14 Å². The second-order valence-electron chi connectivity index (χ2n) is 4.50. The van der Waals surface area contributed by atoms with E-state index in [4.69, 9.17) is 10.4 Å². The van der Waals surface area contributed by atoms with Gasteiger partial charge >= 0.3 is 0 Å². The van der Waals surface area contributed by atoms with Crippen molar-refractivity contribution in [1.82, 2.24) is 9.55 Å². The molecule has 1 aromatic carbocycles. The Morgan fingerprint density at radius 2 is 2.24 bits per heavy atom. The topological polar surface area (TPSA) is 102 Å². The van der Waals surface area contributed by atoms with Gasteiger partial charge in [0.1, 0.15) is 0 Å². The van der Waals surface area contributed by atoms with E-state index in [-0.39, 0.29) is 4.90 Å². The summed E-state index contributed by atoms with van der Waals surface area (Å²) in [6.07, 6.45) is 1.39. The molecule has 0 aliphatic carbocycles. The summed E-state index contributed by atoms with van der Waals surface area (Å²) >= 11 is 1.50. The van der Waals surface area contributed by atoms with Crippen molar-refractivity contribution in [3.63, 3.8) is 0 Å². The minimum Gasteiger partial charge on any atom is -0.319 e. The number of nitriles is 1. The number of rotatable bonds is 6. The number of thioether (sulfide) groups is 1. The number of sulfonamides is 1. The van der Waals surface area contributed by atoms with Crippen molar-refractivity contribution in [2.45, 2.75) is 36.4 Å². The van der Waals surface area contributed by atoms with Crippen molar-refractivity contribution in [3.8, 4) is 6.07 Å². The molecule has 0 bridgehead atoms. The molecule has 112 valence electrons. The number of aryl methyl sites for hydroxylation is 1. The molecule has 2 N–H and O–H groups in total. The van der Waals surface area contributed by atoms with E-state index in [0.29, 0.717) is 17.7 Å². The van der Waals surface area contributed by atoms with Crippen LogP contribution in [0.1, 0.15) is 19.8 Å². The number of nitrogens with zero attached hydrogens (tertiary/aromatic N) is 3. The summed E-state index contributed by atoms with van der Waals surface area (Å²) in [6, 6.07) is 6.81. The third-order valence-electron chi connectivity index (χ3n) is 2.91. The van der Waals surface area contributed by atoms with Gasteiger partial charge in [-0.25, -0.2) is 18.5 Å². The first-order valence-corrected chi connectivity index (χ1v) is 9.03. The van der Waals surface area contributed by atoms with E-state index >= 15 is 0 Å². The summed E-state index contributed by atoms with van der Waals surface area (Å²) in [5.74, 6) is 0.658. The summed E-state index contributed by atoms with van der Waals surface area (Å²) < 4.78 is 24.9. The first kappa shape index (κ1) is 15.8.